The molecule has 176 valence electrons. The van der Waals surface area contributed by atoms with Crippen LogP contribution in [0, 0.1) is 0 Å². The number of ether oxygens (including phenoxy) is 2. The Bertz CT molecular complexity index is 1350. The third-order valence-electron chi connectivity index (χ3n) is 4.82. The normalized spacial score (nSPS) is 11.0. The number of carbonyl (C=O) groups is 2. The van der Waals surface area contributed by atoms with Crippen LogP contribution in [-0.2, 0) is 4.79 Å². The highest BCUT2D eigenvalue weighted by atomic mass is 35.5. The molecule has 0 saturated carbocycles. The molecule has 0 aliphatic heterocycles. The van der Waals surface area contributed by atoms with E-state index in [9.17, 15) is 9.59 Å². The van der Waals surface area contributed by atoms with Gasteiger partial charge in [-0.15, -0.1) is 0 Å². The number of halogens is 1. The van der Waals surface area contributed by atoms with Crippen LogP contribution in [0.25, 0.3) is 6.08 Å². The van der Waals surface area contributed by atoms with E-state index in [2.05, 4.69) is 10.6 Å². The number of hydrogen-bond acceptors (Lipinski definition) is 5. The lowest BCUT2D eigenvalue weighted by Gasteiger charge is -2.15. The van der Waals surface area contributed by atoms with E-state index in [0.717, 1.165) is 0 Å². The van der Waals surface area contributed by atoms with Crippen molar-refractivity contribution < 1.29 is 23.5 Å². The van der Waals surface area contributed by atoms with Gasteiger partial charge in [0.2, 0.25) is 0 Å². The summed E-state index contributed by atoms with van der Waals surface area (Å²) in [7, 11) is 1.56. The van der Waals surface area contributed by atoms with Gasteiger partial charge < -0.3 is 24.5 Å². The van der Waals surface area contributed by atoms with E-state index < -0.39 is 11.8 Å². The Hall–Kier alpha value is -4.49. The first-order valence-corrected chi connectivity index (χ1v) is 10.9. The van der Waals surface area contributed by atoms with Crippen LogP contribution < -0.4 is 20.1 Å². The van der Waals surface area contributed by atoms with E-state index in [1.54, 1.807) is 92.0 Å². The highest BCUT2D eigenvalue weighted by molar-refractivity contribution is 6.31. The lowest BCUT2D eigenvalue weighted by atomic mass is 10.2. The standard InChI is InChI=1S/C27H21ClN2O5/c1-33-20-9-5-10-22(16-20)35-25-13-12-19(28)15-23(25)29-27(32)24(17-21-11-6-14-34-21)30-26(31)18-7-3-2-4-8-18/h2-17H,1H3,(H,29,32)(H,30,31)/b24-17-. The zero-order chi connectivity index (χ0) is 24.6. The van der Waals surface area contributed by atoms with E-state index in [1.807, 2.05) is 0 Å². The SMILES string of the molecule is COc1cccc(Oc2ccc(Cl)cc2NC(=O)/C(=C/c2ccco2)NC(=O)c2ccccc2)c1. The second kappa shape index (κ2) is 11.1. The lowest BCUT2D eigenvalue weighted by Crippen LogP contribution is -2.30. The van der Waals surface area contributed by atoms with Crippen LogP contribution in [0.15, 0.2) is 101 Å². The van der Waals surface area contributed by atoms with Gasteiger partial charge in [-0.1, -0.05) is 35.9 Å². The van der Waals surface area contributed by atoms with Crippen molar-refractivity contribution in [3.05, 3.63) is 113 Å². The molecule has 0 aliphatic rings. The van der Waals surface area contributed by atoms with Crippen molar-refractivity contribution in [2.45, 2.75) is 0 Å². The predicted molar refractivity (Wildman–Crippen MR) is 134 cm³/mol. The summed E-state index contributed by atoms with van der Waals surface area (Å²) in [6.45, 7) is 0. The summed E-state index contributed by atoms with van der Waals surface area (Å²) >= 11 is 6.18. The first kappa shape index (κ1) is 23.7. The summed E-state index contributed by atoms with van der Waals surface area (Å²) in [6.07, 6.45) is 2.90. The minimum absolute atomic E-state index is 0.0268. The van der Waals surface area contributed by atoms with Gasteiger partial charge in [0.1, 0.15) is 23.0 Å². The minimum atomic E-state index is -0.594. The van der Waals surface area contributed by atoms with E-state index in [-0.39, 0.29) is 5.70 Å². The lowest BCUT2D eigenvalue weighted by molar-refractivity contribution is -0.113. The predicted octanol–water partition coefficient (Wildman–Crippen LogP) is 6.14. The molecule has 0 atom stereocenters. The molecule has 0 unspecified atom stereocenters. The number of anilines is 1. The molecule has 0 spiro atoms. The van der Waals surface area contributed by atoms with Crippen LogP contribution in [0.1, 0.15) is 16.1 Å². The number of rotatable bonds is 8. The summed E-state index contributed by atoms with van der Waals surface area (Å²) < 4.78 is 16.5. The second-order valence-corrected chi connectivity index (χ2v) is 7.71. The molecule has 35 heavy (non-hydrogen) atoms. The summed E-state index contributed by atoms with van der Waals surface area (Å²) in [5.41, 5.74) is 0.682. The third kappa shape index (κ3) is 6.31. The molecule has 0 fully saturated rings. The van der Waals surface area contributed by atoms with Crippen molar-refractivity contribution in [3.8, 4) is 17.2 Å². The fraction of sp³-hybridized carbons (Fsp3) is 0.0370. The summed E-state index contributed by atoms with van der Waals surface area (Å²) in [6, 6.07) is 23.8. The molecule has 4 rings (SSSR count). The fourth-order valence-corrected chi connectivity index (χ4v) is 3.30. The van der Waals surface area contributed by atoms with Gasteiger partial charge in [0.25, 0.3) is 11.8 Å². The molecule has 1 heterocycles. The molecule has 0 radical (unpaired) electrons. The fourth-order valence-electron chi connectivity index (χ4n) is 3.13. The third-order valence-corrected chi connectivity index (χ3v) is 5.05. The maximum Gasteiger partial charge on any atom is 0.272 e. The van der Waals surface area contributed by atoms with Crippen molar-refractivity contribution in [3.63, 3.8) is 0 Å². The molecule has 8 heteroatoms. The van der Waals surface area contributed by atoms with Crippen LogP contribution in [0.2, 0.25) is 5.02 Å². The van der Waals surface area contributed by atoms with Crippen molar-refractivity contribution in [1.82, 2.24) is 5.32 Å². The molecule has 0 aliphatic carbocycles. The Morgan fingerprint density at radius 2 is 1.71 bits per heavy atom. The molecule has 1 aromatic heterocycles. The van der Waals surface area contributed by atoms with Gasteiger partial charge in [0.15, 0.2) is 5.75 Å². The van der Waals surface area contributed by atoms with Crippen molar-refractivity contribution in [1.29, 1.82) is 0 Å². The Morgan fingerprint density at radius 1 is 0.914 bits per heavy atom. The topological polar surface area (TPSA) is 89.8 Å². The first-order chi connectivity index (χ1) is 17.0. The van der Waals surface area contributed by atoms with Gasteiger partial charge in [-0.05, 0) is 54.6 Å². The second-order valence-electron chi connectivity index (χ2n) is 7.27. The highest BCUT2D eigenvalue weighted by Gasteiger charge is 2.18. The van der Waals surface area contributed by atoms with Crippen LogP contribution in [0.4, 0.5) is 5.69 Å². The van der Waals surface area contributed by atoms with Crippen LogP contribution >= 0.6 is 11.6 Å². The van der Waals surface area contributed by atoms with E-state index in [0.29, 0.717) is 39.3 Å². The molecule has 7 nitrogen and oxygen atoms in total. The van der Waals surface area contributed by atoms with Gasteiger partial charge in [-0.3, -0.25) is 9.59 Å². The Balaban J connectivity index is 1.61. The van der Waals surface area contributed by atoms with E-state index in [1.165, 1.54) is 12.3 Å². The average Bonchev–Trinajstić information content (AvgIpc) is 3.39. The molecule has 3 aromatic carbocycles. The Kier molecular flexibility index (Phi) is 7.50. The largest absolute Gasteiger partial charge is 0.497 e. The zero-order valence-electron chi connectivity index (χ0n) is 18.7. The summed E-state index contributed by atoms with van der Waals surface area (Å²) in [5, 5.41) is 5.81. The smallest absolute Gasteiger partial charge is 0.272 e. The highest BCUT2D eigenvalue weighted by Crippen LogP contribution is 2.33. The van der Waals surface area contributed by atoms with Crippen LogP contribution in [0.5, 0.6) is 17.2 Å². The number of hydrogen-bond donors (Lipinski definition) is 2. The summed E-state index contributed by atoms with van der Waals surface area (Å²) in [4.78, 5) is 26.0. The average molecular weight is 489 g/mol. The van der Waals surface area contributed by atoms with E-state index in [4.69, 9.17) is 25.5 Å². The van der Waals surface area contributed by atoms with Crippen LogP contribution in [0.3, 0.4) is 0 Å². The number of carbonyl (C=O) groups excluding carboxylic acids is 2. The van der Waals surface area contributed by atoms with Gasteiger partial charge in [0.05, 0.1) is 19.1 Å². The molecule has 4 aromatic rings. The molecular weight excluding hydrogens is 468 g/mol. The van der Waals surface area contributed by atoms with Gasteiger partial charge in [0, 0.05) is 22.7 Å². The number of benzene rings is 3. The number of furan rings is 1. The van der Waals surface area contributed by atoms with Gasteiger partial charge in [-0.25, -0.2) is 0 Å². The maximum atomic E-state index is 13.3. The van der Waals surface area contributed by atoms with Crippen molar-refractivity contribution >= 4 is 35.2 Å². The monoisotopic (exact) mass is 488 g/mol. The van der Waals surface area contributed by atoms with Crippen molar-refractivity contribution in [2.24, 2.45) is 0 Å². The Morgan fingerprint density at radius 3 is 2.46 bits per heavy atom. The minimum Gasteiger partial charge on any atom is -0.497 e. The van der Waals surface area contributed by atoms with Gasteiger partial charge >= 0.3 is 0 Å². The molecule has 0 bridgehead atoms. The Labute approximate surface area is 206 Å². The maximum absolute atomic E-state index is 13.3. The van der Waals surface area contributed by atoms with Gasteiger partial charge in [-0.2, -0.15) is 0 Å². The number of methoxy groups -OCH3 is 1. The van der Waals surface area contributed by atoms with E-state index >= 15 is 0 Å². The molecular formula is C27H21ClN2O5. The van der Waals surface area contributed by atoms with Crippen molar-refractivity contribution in [2.75, 3.05) is 12.4 Å². The molecule has 0 saturated heterocycles. The number of nitrogens with one attached hydrogen (secondary N) is 2. The molecule has 2 N–H and O–H groups in total. The zero-order valence-corrected chi connectivity index (χ0v) is 19.4. The summed E-state index contributed by atoms with van der Waals surface area (Å²) in [5.74, 6) is 0.825. The first-order valence-electron chi connectivity index (χ1n) is 10.6. The quantitative estimate of drug-likeness (QED) is 0.291. The molecule has 2 amide bonds. The number of amides is 2. The van der Waals surface area contributed by atoms with Crippen LogP contribution in [-0.4, -0.2) is 18.9 Å².